The first-order valence-electron chi connectivity index (χ1n) is 21.3. The third-order valence-electron chi connectivity index (χ3n) is 13.1. The molecule has 7 heterocycles. The number of Topliss-reactive ketones (excluding diaryl/α,β-unsaturated/α-hetero) is 1. The van der Waals surface area contributed by atoms with Gasteiger partial charge in [0.1, 0.15) is 17.5 Å². The van der Waals surface area contributed by atoms with Crippen LogP contribution in [0.15, 0.2) is 47.5 Å². The van der Waals surface area contributed by atoms with Crippen molar-refractivity contribution in [2.75, 3.05) is 47.8 Å². The van der Waals surface area contributed by atoms with Crippen molar-refractivity contribution < 1.29 is 24.0 Å². The number of aromatic nitrogens is 4. The normalized spacial score (nSPS) is 21.5. The number of pyridine rings is 2. The number of carbonyl (C=O) groups is 5. The van der Waals surface area contributed by atoms with E-state index in [-0.39, 0.29) is 41.8 Å². The van der Waals surface area contributed by atoms with Gasteiger partial charge in [-0.1, -0.05) is 12.8 Å². The minimum absolute atomic E-state index is 0.00517. The highest BCUT2D eigenvalue weighted by atomic mass is 16.2. The van der Waals surface area contributed by atoms with Crippen molar-refractivity contribution in [3.05, 3.63) is 75.3 Å². The van der Waals surface area contributed by atoms with Crippen LogP contribution < -0.4 is 31.3 Å². The number of carbonyl (C=O) groups excluding carboxylic acids is 5. The van der Waals surface area contributed by atoms with E-state index in [1.807, 2.05) is 18.3 Å². The Kier molecular flexibility index (Phi) is 10.6. The molecule has 3 N–H and O–H groups in total. The van der Waals surface area contributed by atoms with E-state index in [2.05, 4.69) is 41.8 Å². The molecule has 1 aromatic carbocycles. The number of hydrogen-bond donors (Lipinski definition) is 3. The van der Waals surface area contributed by atoms with Gasteiger partial charge in [0.05, 0.1) is 28.6 Å². The molecule has 4 aliphatic heterocycles. The van der Waals surface area contributed by atoms with E-state index in [4.69, 9.17) is 4.98 Å². The van der Waals surface area contributed by atoms with Crippen LogP contribution in [0.3, 0.4) is 0 Å². The maximum atomic E-state index is 13.6. The number of nitrogens with one attached hydrogen (secondary N) is 3. The van der Waals surface area contributed by atoms with E-state index in [1.165, 1.54) is 6.92 Å². The first kappa shape index (κ1) is 39.4. The lowest BCUT2D eigenvalue weighted by Crippen LogP contribution is -2.54. The van der Waals surface area contributed by atoms with Crippen molar-refractivity contribution in [2.24, 2.45) is 5.92 Å². The zero-order valence-electron chi connectivity index (χ0n) is 34.0. The Morgan fingerprint density at radius 1 is 0.833 bits per heavy atom. The van der Waals surface area contributed by atoms with Crippen LogP contribution in [0.25, 0.3) is 11.0 Å². The Labute approximate surface area is 347 Å². The highest BCUT2D eigenvalue weighted by Crippen LogP contribution is 2.34. The molecule has 0 radical (unpaired) electrons. The second-order valence-electron chi connectivity index (χ2n) is 16.9. The number of anilines is 4. The highest BCUT2D eigenvalue weighted by Gasteiger charge is 2.45. The van der Waals surface area contributed by atoms with Crippen LogP contribution in [-0.4, -0.2) is 98.6 Å². The number of rotatable bonds is 10. The summed E-state index contributed by atoms with van der Waals surface area (Å²) in [6, 6.07) is 8.63. The summed E-state index contributed by atoms with van der Waals surface area (Å²) in [6.07, 6.45) is 11.8. The van der Waals surface area contributed by atoms with Crippen LogP contribution >= 0.6 is 0 Å². The largest absolute Gasteiger partial charge is 0.370 e. The number of piperidine rings is 3. The van der Waals surface area contributed by atoms with Crippen molar-refractivity contribution in [2.45, 2.75) is 96.2 Å². The van der Waals surface area contributed by atoms with Gasteiger partial charge in [-0.25, -0.2) is 9.97 Å². The molecule has 4 fully saturated rings. The molecule has 5 aliphatic rings. The van der Waals surface area contributed by atoms with Gasteiger partial charge in [0.25, 0.3) is 17.4 Å². The van der Waals surface area contributed by atoms with E-state index in [9.17, 15) is 28.8 Å². The molecule has 3 aromatic heterocycles. The fourth-order valence-corrected chi connectivity index (χ4v) is 9.83. The van der Waals surface area contributed by atoms with E-state index in [1.54, 1.807) is 29.8 Å². The van der Waals surface area contributed by atoms with Gasteiger partial charge in [0, 0.05) is 62.0 Å². The molecule has 0 bridgehead atoms. The summed E-state index contributed by atoms with van der Waals surface area (Å²) in [4.78, 5) is 96.4. The molecule has 16 heteroatoms. The number of imide groups is 2. The molecule has 3 saturated heterocycles. The summed E-state index contributed by atoms with van der Waals surface area (Å²) < 4.78 is 1.71. The van der Waals surface area contributed by atoms with Crippen LogP contribution in [0.2, 0.25) is 0 Å². The standard InChI is InChI=1S/C44H50N10O6/c1-25-34-23-47-44(50-39(34)53(29-7-3-4-8-29)43(60)38(25)26(2)55)48-36-13-10-31(22-46-36)51-18-15-27(16-19-51)21-45-28-6-5-17-52(24-28)30-9-11-32-33(20-30)42(59)54(41(32)58)35-12-14-37(56)49-40(35)57/h9-11,13,20,22-23,27-29,35,45H,3-8,12,14-19,21,24H2,1-2H3,(H,49,56,57)(H,46,47,48,50)/t28-,35?/m0/s1. The molecule has 2 atom stereocenters. The summed E-state index contributed by atoms with van der Waals surface area (Å²) in [5.41, 5.74) is 3.61. The lowest BCUT2D eigenvalue weighted by Gasteiger charge is -2.37. The molecule has 1 aliphatic carbocycles. The summed E-state index contributed by atoms with van der Waals surface area (Å²) in [7, 11) is 0. The number of benzene rings is 1. The van der Waals surface area contributed by atoms with Crippen molar-refractivity contribution in [3.63, 3.8) is 0 Å². The monoisotopic (exact) mass is 814 g/mol. The Morgan fingerprint density at radius 2 is 1.60 bits per heavy atom. The Morgan fingerprint density at radius 3 is 2.33 bits per heavy atom. The van der Waals surface area contributed by atoms with Gasteiger partial charge in [-0.05, 0) is 107 Å². The minimum atomic E-state index is -0.980. The molecule has 4 aromatic rings. The Bertz CT molecular complexity index is 2450. The predicted molar refractivity (Wildman–Crippen MR) is 225 cm³/mol. The van der Waals surface area contributed by atoms with Crippen LogP contribution in [0, 0.1) is 12.8 Å². The van der Waals surface area contributed by atoms with Crippen LogP contribution in [-0.2, 0) is 9.59 Å². The number of nitrogens with zero attached hydrogens (tertiary/aromatic N) is 7. The fraction of sp³-hybridized carbons (Fsp3) is 0.477. The van der Waals surface area contributed by atoms with Gasteiger partial charge in [-0.15, -0.1) is 0 Å². The first-order valence-corrected chi connectivity index (χ1v) is 21.3. The predicted octanol–water partition coefficient (Wildman–Crippen LogP) is 4.43. The molecular weight excluding hydrogens is 765 g/mol. The molecule has 60 heavy (non-hydrogen) atoms. The van der Waals surface area contributed by atoms with Gasteiger partial charge < -0.3 is 20.4 Å². The molecule has 1 saturated carbocycles. The van der Waals surface area contributed by atoms with Crippen LogP contribution in [0.1, 0.15) is 114 Å². The fourth-order valence-electron chi connectivity index (χ4n) is 9.83. The van der Waals surface area contributed by atoms with Gasteiger partial charge in [-0.3, -0.25) is 43.6 Å². The zero-order valence-corrected chi connectivity index (χ0v) is 34.0. The molecule has 1 unspecified atom stereocenters. The second kappa shape index (κ2) is 16.2. The van der Waals surface area contributed by atoms with Crippen molar-refractivity contribution in [1.82, 2.24) is 35.1 Å². The van der Waals surface area contributed by atoms with E-state index in [0.717, 1.165) is 100 Å². The van der Waals surface area contributed by atoms with E-state index >= 15 is 0 Å². The summed E-state index contributed by atoms with van der Waals surface area (Å²) >= 11 is 0. The molecule has 4 amide bonds. The van der Waals surface area contributed by atoms with E-state index < -0.39 is 29.7 Å². The smallest absolute Gasteiger partial charge is 0.263 e. The maximum Gasteiger partial charge on any atom is 0.263 e. The number of hydrogen-bond acceptors (Lipinski definition) is 13. The number of fused-ring (bicyclic) bond motifs is 2. The highest BCUT2D eigenvalue weighted by molar-refractivity contribution is 6.23. The molecule has 312 valence electrons. The number of amides is 4. The lowest BCUT2D eigenvalue weighted by atomic mass is 9.95. The Hall–Kier alpha value is -6.03. The van der Waals surface area contributed by atoms with Gasteiger partial charge in [0.15, 0.2) is 5.78 Å². The Balaban J connectivity index is 0.779. The maximum absolute atomic E-state index is 13.6. The third kappa shape index (κ3) is 7.41. The van der Waals surface area contributed by atoms with Gasteiger partial charge in [-0.2, -0.15) is 4.98 Å². The minimum Gasteiger partial charge on any atom is -0.370 e. The average Bonchev–Trinajstić information content (AvgIpc) is 3.86. The second-order valence-corrected chi connectivity index (χ2v) is 16.9. The SMILES string of the molecule is CC(=O)c1c(C)c2cnc(Nc3ccc(N4CCC(CN[C@H]5CCCN(c6ccc7c(c6)C(=O)N(C6CCC(=O)NC6=O)C7=O)C5)CC4)cn3)nc2n(C2CCCC2)c1=O. The molecule has 0 spiro atoms. The van der Waals surface area contributed by atoms with Crippen molar-refractivity contribution in [1.29, 1.82) is 0 Å². The summed E-state index contributed by atoms with van der Waals surface area (Å²) in [6.45, 7) is 7.61. The quantitative estimate of drug-likeness (QED) is 0.151. The van der Waals surface area contributed by atoms with Crippen molar-refractivity contribution >= 4 is 63.6 Å². The number of aryl methyl sites for hydroxylation is 1. The van der Waals surface area contributed by atoms with Crippen LogP contribution in [0.4, 0.5) is 23.1 Å². The molecule has 16 nitrogen and oxygen atoms in total. The average molecular weight is 815 g/mol. The van der Waals surface area contributed by atoms with Crippen LogP contribution in [0.5, 0.6) is 0 Å². The summed E-state index contributed by atoms with van der Waals surface area (Å²) in [5, 5.41) is 9.99. The molecule has 9 rings (SSSR count). The molecular formula is C44H50N10O6. The van der Waals surface area contributed by atoms with E-state index in [0.29, 0.717) is 45.4 Å². The summed E-state index contributed by atoms with van der Waals surface area (Å²) in [5.74, 6) is -0.753. The third-order valence-corrected chi connectivity index (χ3v) is 13.1. The van der Waals surface area contributed by atoms with Crippen molar-refractivity contribution in [3.8, 4) is 0 Å². The topological polar surface area (TPSA) is 192 Å². The van der Waals surface area contributed by atoms with Gasteiger partial charge >= 0.3 is 0 Å². The zero-order chi connectivity index (χ0) is 41.7. The van der Waals surface area contributed by atoms with Gasteiger partial charge in [0.2, 0.25) is 17.8 Å². The number of ketones is 1. The first-order chi connectivity index (χ1) is 29.0. The lowest BCUT2D eigenvalue weighted by molar-refractivity contribution is -0.136.